The highest BCUT2D eigenvalue weighted by molar-refractivity contribution is 5.95. The van der Waals surface area contributed by atoms with Crippen molar-refractivity contribution >= 4 is 17.6 Å². The Morgan fingerprint density at radius 3 is 2.55 bits per heavy atom. The van der Waals surface area contributed by atoms with E-state index in [2.05, 4.69) is 5.32 Å². The maximum atomic E-state index is 13.0. The Morgan fingerprint density at radius 1 is 1.09 bits per heavy atom. The molecule has 6 heteroatoms. The summed E-state index contributed by atoms with van der Waals surface area (Å²) < 4.78 is 30.6. The summed E-state index contributed by atoms with van der Waals surface area (Å²) in [7, 11) is 0. The molecule has 0 aliphatic carbocycles. The van der Waals surface area contributed by atoms with Crippen LogP contribution < -0.4 is 5.32 Å². The molecule has 0 aromatic heterocycles. The van der Waals surface area contributed by atoms with E-state index in [1.54, 1.807) is 18.2 Å². The van der Waals surface area contributed by atoms with Crippen molar-refractivity contribution in [3.8, 4) is 0 Å². The average Bonchev–Trinajstić information content (AvgIpc) is 2.48. The van der Waals surface area contributed by atoms with Gasteiger partial charge in [-0.25, -0.2) is 13.6 Å². The smallest absolute Gasteiger partial charge is 0.338 e. The molecule has 2 aromatic carbocycles. The largest absolute Gasteiger partial charge is 0.452 e. The second kappa shape index (κ2) is 6.80. The highest BCUT2D eigenvalue weighted by Gasteiger charge is 2.11. The highest BCUT2D eigenvalue weighted by atomic mass is 19.2. The van der Waals surface area contributed by atoms with Crippen LogP contribution in [-0.2, 0) is 9.53 Å². The number of ether oxygens (including phenoxy) is 1. The van der Waals surface area contributed by atoms with E-state index >= 15 is 0 Å². The van der Waals surface area contributed by atoms with Crippen LogP contribution in [0.5, 0.6) is 0 Å². The molecule has 22 heavy (non-hydrogen) atoms. The number of esters is 1. The lowest BCUT2D eigenvalue weighted by molar-refractivity contribution is -0.119. The van der Waals surface area contributed by atoms with Gasteiger partial charge in [0.25, 0.3) is 5.91 Å². The number of nitrogens with one attached hydrogen (secondary N) is 1. The molecule has 1 amide bonds. The van der Waals surface area contributed by atoms with E-state index in [0.717, 1.165) is 17.7 Å². The highest BCUT2D eigenvalue weighted by Crippen LogP contribution is 2.13. The summed E-state index contributed by atoms with van der Waals surface area (Å²) in [5, 5.41) is 2.31. The summed E-state index contributed by atoms with van der Waals surface area (Å²) in [6, 6.07) is 9.68. The van der Waals surface area contributed by atoms with Gasteiger partial charge < -0.3 is 10.1 Å². The molecule has 0 radical (unpaired) electrons. The minimum absolute atomic E-state index is 0.0792. The Balaban J connectivity index is 1.90. The van der Waals surface area contributed by atoms with E-state index in [4.69, 9.17) is 4.74 Å². The van der Waals surface area contributed by atoms with Crippen LogP contribution in [0.2, 0.25) is 0 Å². The third-order valence-corrected chi connectivity index (χ3v) is 2.79. The van der Waals surface area contributed by atoms with Crippen LogP contribution in [0.4, 0.5) is 14.5 Å². The molecule has 0 spiro atoms. The molecular formula is C16H13F2NO3. The van der Waals surface area contributed by atoms with Crippen molar-refractivity contribution < 1.29 is 23.1 Å². The summed E-state index contributed by atoms with van der Waals surface area (Å²) in [5.41, 5.74) is 1.30. The van der Waals surface area contributed by atoms with Crippen molar-refractivity contribution in [2.24, 2.45) is 0 Å². The zero-order valence-corrected chi connectivity index (χ0v) is 11.7. The quantitative estimate of drug-likeness (QED) is 0.883. The predicted octanol–water partition coefficient (Wildman–Crippen LogP) is 3.07. The number of aryl methyl sites for hydroxylation is 1. The van der Waals surface area contributed by atoms with Crippen molar-refractivity contribution in [2.75, 3.05) is 11.9 Å². The minimum atomic E-state index is -1.07. The normalized spacial score (nSPS) is 10.1. The third kappa shape index (κ3) is 4.12. The molecule has 0 saturated carbocycles. The van der Waals surface area contributed by atoms with Gasteiger partial charge in [0.15, 0.2) is 18.2 Å². The van der Waals surface area contributed by atoms with Gasteiger partial charge >= 0.3 is 5.97 Å². The Bertz CT molecular complexity index is 716. The maximum absolute atomic E-state index is 13.0. The fourth-order valence-electron chi connectivity index (χ4n) is 1.76. The first-order valence-corrected chi connectivity index (χ1v) is 6.44. The second-order valence-electron chi connectivity index (χ2n) is 4.62. The summed E-state index contributed by atoms with van der Waals surface area (Å²) in [6.45, 7) is 1.30. The molecule has 1 N–H and O–H groups in total. The Kier molecular flexibility index (Phi) is 4.83. The first-order valence-electron chi connectivity index (χ1n) is 6.44. The van der Waals surface area contributed by atoms with Crippen molar-refractivity contribution in [1.29, 1.82) is 0 Å². The standard InChI is InChI=1S/C16H13F2NO3/c1-10-3-2-4-11(7-10)16(21)22-9-15(20)19-12-5-6-13(17)14(18)8-12/h2-8H,9H2,1H3,(H,19,20). The fourth-order valence-corrected chi connectivity index (χ4v) is 1.76. The fraction of sp³-hybridized carbons (Fsp3) is 0.125. The van der Waals surface area contributed by atoms with Gasteiger partial charge in [0.05, 0.1) is 5.56 Å². The number of hydrogen-bond acceptors (Lipinski definition) is 3. The molecule has 0 aliphatic heterocycles. The van der Waals surface area contributed by atoms with Gasteiger partial charge in [-0.3, -0.25) is 4.79 Å². The van der Waals surface area contributed by atoms with Crippen LogP contribution in [0.3, 0.4) is 0 Å². The van der Waals surface area contributed by atoms with E-state index in [1.807, 2.05) is 13.0 Å². The van der Waals surface area contributed by atoms with E-state index in [0.29, 0.717) is 5.56 Å². The summed E-state index contributed by atoms with van der Waals surface area (Å²) in [4.78, 5) is 23.3. The van der Waals surface area contributed by atoms with Gasteiger partial charge in [-0.2, -0.15) is 0 Å². The van der Waals surface area contributed by atoms with Gasteiger partial charge in [-0.05, 0) is 31.2 Å². The van der Waals surface area contributed by atoms with Crippen molar-refractivity contribution in [3.05, 3.63) is 65.2 Å². The molecule has 2 rings (SSSR count). The maximum Gasteiger partial charge on any atom is 0.338 e. The van der Waals surface area contributed by atoms with Crippen molar-refractivity contribution in [1.82, 2.24) is 0 Å². The molecule has 0 atom stereocenters. The average molecular weight is 305 g/mol. The second-order valence-corrected chi connectivity index (χ2v) is 4.62. The minimum Gasteiger partial charge on any atom is -0.452 e. The number of halogens is 2. The Labute approximate surface area is 125 Å². The molecule has 0 unspecified atom stereocenters. The number of benzene rings is 2. The van der Waals surface area contributed by atoms with Crippen molar-refractivity contribution in [3.63, 3.8) is 0 Å². The SMILES string of the molecule is Cc1cccc(C(=O)OCC(=O)Nc2ccc(F)c(F)c2)c1. The number of rotatable bonds is 4. The van der Waals surface area contributed by atoms with Crippen LogP contribution >= 0.6 is 0 Å². The Morgan fingerprint density at radius 2 is 1.86 bits per heavy atom. The number of anilines is 1. The number of carbonyl (C=O) groups excluding carboxylic acids is 2. The summed E-state index contributed by atoms with van der Waals surface area (Å²) in [6.07, 6.45) is 0. The van der Waals surface area contributed by atoms with E-state index < -0.39 is 30.1 Å². The molecule has 0 aliphatic rings. The molecule has 0 saturated heterocycles. The molecule has 0 bridgehead atoms. The topological polar surface area (TPSA) is 55.4 Å². The molecule has 0 fully saturated rings. The molecule has 0 heterocycles. The predicted molar refractivity (Wildman–Crippen MR) is 76.4 cm³/mol. The number of carbonyl (C=O) groups is 2. The van der Waals surface area contributed by atoms with Crippen LogP contribution in [0, 0.1) is 18.6 Å². The van der Waals surface area contributed by atoms with Gasteiger partial charge in [-0.15, -0.1) is 0 Å². The molecular weight excluding hydrogens is 292 g/mol. The van der Waals surface area contributed by atoms with Gasteiger partial charge in [0, 0.05) is 11.8 Å². The van der Waals surface area contributed by atoms with Gasteiger partial charge in [-0.1, -0.05) is 17.7 Å². The van der Waals surface area contributed by atoms with Crippen LogP contribution in [-0.4, -0.2) is 18.5 Å². The van der Waals surface area contributed by atoms with E-state index in [9.17, 15) is 18.4 Å². The lowest BCUT2D eigenvalue weighted by Crippen LogP contribution is -2.21. The lowest BCUT2D eigenvalue weighted by atomic mass is 10.1. The van der Waals surface area contributed by atoms with Crippen LogP contribution in [0.1, 0.15) is 15.9 Å². The van der Waals surface area contributed by atoms with E-state index in [1.165, 1.54) is 6.07 Å². The lowest BCUT2D eigenvalue weighted by Gasteiger charge is -2.07. The third-order valence-electron chi connectivity index (χ3n) is 2.79. The molecule has 114 valence electrons. The monoisotopic (exact) mass is 305 g/mol. The van der Waals surface area contributed by atoms with Gasteiger partial charge in [0.1, 0.15) is 0 Å². The van der Waals surface area contributed by atoms with E-state index in [-0.39, 0.29) is 5.69 Å². The zero-order chi connectivity index (χ0) is 16.1. The first kappa shape index (κ1) is 15.6. The summed E-state index contributed by atoms with van der Waals surface area (Å²) >= 11 is 0. The number of amides is 1. The first-order chi connectivity index (χ1) is 10.5. The van der Waals surface area contributed by atoms with Crippen LogP contribution in [0.25, 0.3) is 0 Å². The Hall–Kier alpha value is -2.76. The number of hydrogen-bond donors (Lipinski definition) is 1. The summed E-state index contributed by atoms with van der Waals surface area (Å²) in [5.74, 6) is -3.37. The molecule has 2 aromatic rings. The molecule has 4 nitrogen and oxygen atoms in total. The van der Waals surface area contributed by atoms with Crippen molar-refractivity contribution in [2.45, 2.75) is 6.92 Å². The van der Waals surface area contributed by atoms with Gasteiger partial charge in [0.2, 0.25) is 0 Å². The van der Waals surface area contributed by atoms with Crippen LogP contribution in [0.15, 0.2) is 42.5 Å². The zero-order valence-electron chi connectivity index (χ0n) is 11.7.